The lowest BCUT2D eigenvalue weighted by molar-refractivity contribution is 0.0727. The van der Waals surface area contributed by atoms with Crippen LogP contribution in [0.1, 0.15) is 23.8 Å². The van der Waals surface area contributed by atoms with E-state index in [1.807, 2.05) is 0 Å². The number of ether oxygens (including phenoxy) is 1. The molecule has 0 aliphatic heterocycles. The van der Waals surface area contributed by atoms with E-state index in [9.17, 15) is 13.2 Å². The standard InChI is InChI=1S/C14H12Cl2N2O4S/c1-2-7-23(20,21)14-17-8-11(16)12(18-14)13(19)22-10-5-3-9(15)4-6-10/h3-6,8H,2,7H2,1H3. The molecule has 0 spiro atoms. The van der Waals surface area contributed by atoms with Gasteiger partial charge in [0.25, 0.3) is 0 Å². The summed E-state index contributed by atoms with van der Waals surface area (Å²) in [6.45, 7) is 1.71. The van der Waals surface area contributed by atoms with Gasteiger partial charge in [0.1, 0.15) is 5.75 Å². The van der Waals surface area contributed by atoms with Gasteiger partial charge in [-0.25, -0.2) is 23.2 Å². The number of aromatic nitrogens is 2. The number of nitrogens with zero attached hydrogens (tertiary/aromatic N) is 2. The Morgan fingerprint density at radius 3 is 2.48 bits per heavy atom. The Bertz CT molecular complexity index is 823. The number of hydrogen-bond donors (Lipinski definition) is 0. The van der Waals surface area contributed by atoms with E-state index in [1.54, 1.807) is 19.1 Å². The highest BCUT2D eigenvalue weighted by Gasteiger charge is 2.22. The number of carbonyl (C=O) groups excluding carboxylic acids is 1. The van der Waals surface area contributed by atoms with E-state index in [0.717, 1.165) is 6.20 Å². The number of sulfone groups is 1. The first-order valence-electron chi connectivity index (χ1n) is 6.56. The lowest BCUT2D eigenvalue weighted by Gasteiger charge is -2.07. The highest BCUT2D eigenvalue weighted by atomic mass is 35.5. The summed E-state index contributed by atoms with van der Waals surface area (Å²) in [5.74, 6) is -0.778. The first kappa shape index (κ1) is 17.7. The summed E-state index contributed by atoms with van der Waals surface area (Å²) >= 11 is 11.6. The quantitative estimate of drug-likeness (QED) is 0.453. The fourth-order valence-electron chi connectivity index (χ4n) is 1.66. The van der Waals surface area contributed by atoms with Crippen LogP contribution in [0.4, 0.5) is 0 Å². The molecule has 1 aromatic carbocycles. The Balaban J connectivity index is 2.31. The van der Waals surface area contributed by atoms with Gasteiger partial charge >= 0.3 is 5.97 Å². The third kappa shape index (κ3) is 4.40. The van der Waals surface area contributed by atoms with Crippen LogP contribution in [0.25, 0.3) is 0 Å². The molecule has 1 aromatic heterocycles. The summed E-state index contributed by atoms with van der Waals surface area (Å²) in [5, 5.41) is -0.0657. The Morgan fingerprint density at radius 1 is 1.22 bits per heavy atom. The van der Waals surface area contributed by atoms with E-state index >= 15 is 0 Å². The molecule has 0 aliphatic carbocycles. The molecule has 0 amide bonds. The molecule has 2 rings (SSSR count). The van der Waals surface area contributed by atoms with Gasteiger partial charge in [0.2, 0.25) is 15.0 Å². The van der Waals surface area contributed by atoms with Crippen molar-refractivity contribution in [1.82, 2.24) is 9.97 Å². The second-order valence-electron chi connectivity index (χ2n) is 4.51. The molecule has 0 bridgehead atoms. The van der Waals surface area contributed by atoms with Crippen molar-refractivity contribution in [1.29, 1.82) is 0 Å². The van der Waals surface area contributed by atoms with Crippen LogP contribution in [-0.4, -0.2) is 30.1 Å². The minimum atomic E-state index is -3.67. The highest BCUT2D eigenvalue weighted by Crippen LogP contribution is 2.20. The average Bonchev–Trinajstić information content (AvgIpc) is 2.49. The van der Waals surface area contributed by atoms with Crippen LogP contribution in [-0.2, 0) is 9.84 Å². The van der Waals surface area contributed by atoms with E-state index in [-0.39, 0.29) is 22.2 Å². The predicted molar refractivity (Wildman–Crippen MR) is 85.8 cm³/mol. The van der Waals surface area contributed by atoms with Gasteiger partial charge in [0.15, 0.2) is 5.69 Å². The van der Waals surface area contributed by atoms with Crippen molar-refractivity contribution in [3.05, 3.63) is 46.2 Å². The minimum absolute atomic E-state index is 0.0978. The fraction of sp³-hybridized carbons (Fsp3) is 0.214. The summed E-state index contributed by atoms with van der Waals surface area (Å²) in [4.78, 5) is 19.6. The number of hydrogen-bond acceptors (Lipinski definition) is 6. The van der Waals surface area contributed by atoms with Crippen LogP contribution < -0.4 is 4.74 Å². The molecule has 1 heterocycles. The van der Waals surface area contributed by atoms with Crippen LogP contribution in [0.15, 0.2) is 35.6 Å². The third-order valence-electron chi connectivity index (χ3n) is 2.69. The van der Waals surface area contributed by atoms with Crippen molar-refractivity contribution < 1.29 is 17.9 Å². The van der Waals surface area contributed by atoms with Gasteiger partial charge in [-0.1, -0.05) is 30.1 Å². The molecule has 0 radical (unpaired) electrons. The lowest BCUT2D eigenvalue weighted by atomic mass is 10.3. The SMILES string of the molecule is CCCS(=O)(=O)c1ncc(Cl)c(C(=O)Oc2ccc(Cl)cc2)n1. The normalized spacial score (nSPS) is 11.3. The molecule has 0 atom stereocenters. The molecular weight excluding hydrogens is 363 g/mol. The van der Waals surface area contributed by atoms with Gasteiger partial charge in [-0.2, -0.15) is 0 Å². The molecule has 122 valence electrons. The Labute approximate surface area is 143 Å². The highest BCUT2D eigenvalue weighted by molar-refractivity contribution is 7.91. The van der Waals surface area contributed by atoms with Gasteiger partial charge in [0, 0.05) is 5.02 Å². The summed E-state index contributed by atoms with van der Waals surface area (Å²) in [7, 11) is -3.67. The van der Waals surface area contributed by atoms with E-state index in [0.29, 0.717) is 11.4 Å². The largest absolute Gasteiger partial charge is 0.422 e. The second kappa shape index (κ2) is 7.25. The molecule has 6 nitrogen and oxygen atoms in total. The molecule has 0 saturated carbocycles. The first-order valence-corrected chi connectivity index (χ1v) is 8.97. The summed E-state index contributed by atoms with van der Waals surface area (Å²) in [6, 6.07) is 6.07. The fourth-order valence-corrected chi connectivity index (χ4v) is 3.12. The molecule has 0 saturated heterocycles. The number of halogens is 2. The molecule has 2 aromatic rings. The van der Waals surface area contributed by atoms with Crippen molar-refractivity contribution in [2.75, 3.05) is 5.75 Å². The van der Waals surface area contributed by atoms with Crippen molar-refractivity contribution in [3.8, 4) is 5.75 Å². The Morgan fingerprint density at radius 2 is 1.87 bits per heavy atom. The van der Waals surface area contributed by atoms with Crippen molar-refractivity contribution in [3.63, 3.8) is 0 Å². The monoisotopic (exact) mass is 374 g/mol. The molecule has 0 N–H and O–H groups in total. The van der Waals surface area contributed by atoms with Gasteiger partial charge in [-0.05, 0) is 30.7 Å². The summed E-state index contributed by atoms with van der Waals surface area (Å²) in [6.07, 6.45) is 1.47. The summed E-state index contributed by atoms with van der Waals surface area (Å²) < 4.78 is 29.1. The number of carbonyl (C=O) groups is 1. The van der Waals surface area contributed by atoms with Crippen molar-refractivity contribution in [2.24, 2.45) is 0 Å². The average molecular weight is 375 g/mol. The van der Waals surface area contributed by atoms with Crippen LogP contribution in [0, 0.1) is 0 Å². The van der Waals surface area contributed by atoms with Crippen molar-refractivity contribution >= 4 is 39.0 Å². The van der Waals surface area contributed by atoms with Crippen LogP contribution in [0.5, 0.6) is 5.75 Å². The maximum absolute atomic E-state index is 12.1. The van der Waals surface area contributed by atoms with E-state index in [2.05, 4.69) is 9.97 Å². The van der Waals surface area contributed by atoms with Crippen LogP contribution >= 0.6 is 23.2 Å². The molecule has 0 unspecified atom stereocenters. The van der Waals surface area contributed by atoms with Crippen LogP contribution in [0.2, 0.25) is 10.0 Å². The van der Waals surface area contributed by atoms with E-state index < -0.39 is 21.0 Å². The molecule has 0 aliphatic rings. The number of benzene rings is 1. The maximum atomic E-state index is 12.1. The molecule has 23 heavy (non-hydrogen) atoms. The van der Waals surface area contributed by atoms with E-state index in [4.69, 9.17) is 27.9 Å². The zero-order valence-corrected chi connectivity index (χ0v) is 14.3. The van der Waals surface area contributed by atoms with Gasteiger partial charge in [0.05, 0.1) is 17.0 Å². The molecule has 9 heteroatoms. The topological polar surface area (TPSA) is 86.2 Å². The first-order chi connectivity index (χ1) is 10.8. The van der Waals surface area contributed by atoms with Crippen molar-refractivity contribution in [2.45, 2.75) is 18.5 Å². The lowest BCUT2D eigenvalue weighted by Crippen LogP contribution is -2.17. The van der Waals surface area contributed by atoms with Gasteiger partial charge in [-0.15, -0.1) is 0 Å². The zero-order chi connectivity index (χ0) is 17.0. The van der Waals surface area contributed by atoms with Gasteiger partial charge in [-0.3, -0.25) is 0 Å². The van der Waals surface area contributed by atoms with E-state index in [1.165, 1.54) is 12.1 Å². The third-order valence-corrected chi connectivity index (χ3v) is 4.92. The maximum Gasteiger partial charge on any atom is 0.364 e. The Hall–Kier alpha value is -1.70. The zero-order valence-electron chi connectivity index (χ0n) is 12.0. The summed E-state index contributed by atoms with van der Waals surface area (Å²) in [5.41, 5.74) is -0.314. The smallest absolute Gasteiger partial charge is 0.364 e. The minimum Gasteiger partial charge on any atom is -0.422 e. The molecule has 0 fully saturated rings. The molecular formula is C14H12Cl2N2O4S. The second-order valence-corrected chi connectivity index (χ2v) is 7.36. The predicted octanol–water partition coefficient (Wildman–Crippen LogP) is 3.19. The van der Waals surface area contributed by atoms with Crippen LogP contribution in [0.3, 0.4) is 0 Å². The number of esters is 1. The Kier molecular flexibility index (Phi) is 5.56. The number of rotatable bonds is 5. The van der Waals surface area contributed by atoms with Gasteiger partial charge < -0.3 is 4.74 Å².